The van der Waals surface area contributed by atoms with Crippen molar-refractivity contribution in [2.75, 3.05) is 0 Å². The molecule has 23 heavy (non-hydrogen) atoms. The fourth-order valence-electron chi connectivity index (χ4n) is 4.86. The van der Waals surface area contributed by atoms with Gasteiger partial charge in [-0.15, -0.1) is 0 Å². The smallest absolute Gasteiger partial charge is 0.342 e. The minimum atomic E-state index is -2.64. The third kappa shape index (κ3) is 1.75. The highest BCUT2D eigenvalue weighted by molar-refractivity contribution is 5.96. The van der Waals surface area contributed by atoms with Gasteiger partial charge in [-0.3, -0.25) is 4.79 Å². The van der Waals surface area contributed by atoms with Gasteiger partial charge in [0, 0.05) is 5.92 Å². The first-order chi connectivity index (χ1) is 10.6. The van der Waals surface area contributed by atoms with Gasteiger partial charge in [-0.05, 0) is 25.7 Å². The fourth-order valence-corrected chi connectivity index (χ4v) is 4.86. The summed E-state index contributed by atoms with van der Waals surface area (Å²) < 4.78 is 15.2. The fraction of sp³-hybridized carbons (Fsp3) is 0.800. The SMILES string of the molecule is CCC1CC2C(F)(C(=O)O)C2(CC)C1(NC(=O)C(C)N)C(=O)O. The molecule has 0 radical (unpaired) electrons. The lowest BCUT2D eigenvalue weighted by Gasteiger charge is -2.42. The van der Waals surface area contributed by atoms with E-state index in [0.29, 0.717) is 6.42 Å². The van der Waals surface area contributed by atoms with Gasteiger partial charge in [-0.25, -0.2) is 14.0 Å². The molecule has 0 aromatic heterocycles. The summed E-state index contributed by atoms with van der Waals surface area (Å²) in [5, 5.41) is 21.6. The lowest BCUT2D eigenvalue weighted by molar-refractivity contribution is -0.160. The zero-order valence-corrected chi connectivity index (χ0v) is 13.4. The van der Waals surface area contributed by atoms with E-state index in [1.54, 1.807) is 13.8 Å². The average Bonchev–Trinajstić information content (AvgIpc) is 2.87. The number of nitrogens with one attached hydrogen (secondary N) is 1. The minimum absolute atomic E-state index is 0.00248. The Morgan fingerprint density at radius 1 is 1.30 bits per heavy atom. The molecule has 0 bridgehead atoms. The second-order valence-electron chi connectivity index (χ2n) is 6.63. The van der Waals surface area contributed by atoms with Crippen molar-refractivity contribution in [3.8, 4) is 0 Å². The van der Waals surface area contributed by atoms with E-state index in [4.69, 9.17) is 5.73 Å². The topological polar surface area (TPSA) is 130 Å². The van der Waals surface area contributed by atoms with Gasteiger partial charge in [0.1, 0.15) is 0 Å². The Hall–Kier alpha value is -1.70. The predicted octanol–water partition coefficient (Wildman–Crippen LogP) is 0.522. The number of fused-ring (bicyclic) bond motifs is 1. The number of nitrogens with two attached hydrogens (primary N) is 1. The first-order valence-corrected chi connectivity index (χ1v) is 7.81. The van der Waals surface area contributed by atoms with Gasteiger partial charge in [-0.2, -0.15) is 0 Å². The molecule has 0 aliphatic heterocycles. The van der Waals surface area contributed by atoms with Gasteiger partial charge < -0.3 is 21.3 Å². The molecular weight excluding hydrogens is 307 g/mol. The Bertz CT molecular complexity index is 568. The number of amides is 1. The van der Waals surface area contributed by atoms with Gasteiger partial charge in [0.25, 0.3) is 0 Å². The Morgan fingerprint density at radius 2 is 1.87 bits per heavy atom. The molecule has 0 saturated heterocycles. The van der Waals surface area contributed by atoms with Crippen LogP contribution in [0.1, 0.15) is 40.0 Å². The summed E-state index contributed by atoms with van der Waals surface area (Å²) in [4.78, 5) is 35.7. The van der Waals surface area contributed by atoms with Gasteiger partial charge in [-0.1, -0.05) is 20.3 Å². The molecule has 0 spiro atoms. The Labute approximate surface area is 133 Å². The molecule has 130 valence electrons. The number of hydrogen-bond donors (Lipinski definition) is 4. The van der Waals surface area contributed by atoms with Crippen LogP contribution in [0, 0.1) is 17.3 Å². The van der Waals surface area contributed by atoms with Crippen molar-refractivity contribution in [1.82, 2.24) is 5.32 Å². The number of alkyl halides is 1. The number of carboxylic acids is 2. The van der Waals surface area contributed by atoms with E-state index in [0.717, 1.165) is 0 Å². The molecule has 0 heterocycles. The Morgan fingerprint density at radius 3 is 2.22 bits per heavy atom. The average molecular weight is 330 g/mol. The third-order valence-electron chi connectivity index (χ3n) is 5.91. The van der Waals surface area contributed by atoms with Gasteiger partial charge in [0.15, 0.2) is 5.54 Å². The van der Waals surface area contributed by atoms with Crippen LogP contribution in [-0.4, -0.2) is 45.3 Å². The zero-order chi connectivity index (χ0) is 17.8. The molecule has 2 rings (SSSR count). The number of hydrogen-bond acceptors (Lipinski definition) is 4. The molecule has 2 aliphatic carbocycles. The maximum Gasteiger partial charge on any atom is 0.342 e. The number of rotatable bonds is 6. The highest BCUT2D eigenvalue weighted by Gasteiger charge is 2.94. The second kappa shape index (κ2) is 5.15. The van der Waals surface area contributed by atoms with Crippen LogP contribution < -0.4 is 11.1 Å². The quantitative estimate of drug-likeness (QED) is 0.562. The van der Waals surface area contributed by atoms with Crippen LogP contribution in [0.2, 0.25) is 0 Å². The van der Waals surface area contributed by atoms with Crippen LogP contribution in [0.15, 0.2) is 0 Å². The van der Waals surface area contributed by atoms with E-state index >= 15 is 4.39 Å². The second-order valence-corrected chi connectivity index (χ2v) is 6.63. The molecule has 1 amide bonds. The van der Waals surface area contributed by atoms with Gasteiger partial charge in [0.05, 0.1) is 11.5 Å². The van der Waals surface area contributed by atoms with Crippen LogP contribution in [-0.2, 0) is 14.4 Å². The summed E-state index contributed by atoms with van der Waals surface area (Å²) in [6, 6.07) is -0.978. The van der Waals surface area contributed by atoms with E-state index in [1.807, 2.05) is 0 Å². The molecular formula is C15H23FN2O5. The van der Waals surface area contributed by atoms with Gasteiger partial charge >= 0.3 is 11.9 Å². The van der Waals surface area contributed by atoms with Crippen LogP contribution >= 0.6 is 0 Å². The van der Waals surface area contributed by atoms with Crippen LogP contribution in [0.4, 0.5) is 4.39 Å². The van der Waals surface area contributed by atoms with Crippen molar-refractivity contribution in [1.29, 1.82) is 0 Å². The summed E-state index contributed by atoms with van der Waals surface area (Å²) in [6.45, 7) is 4.70. The van der Waals surface area contributed by atoms with Crippen molar-refractivity contribution in [2.24, 2.45) is 23.0 Å². The van der Waals surface area contributed by atoms with E-state index in [9.17, 15) is 24.6 Å². The molecule has 6 unspecified atom stereocenters. The Balaban J connectivity index is 2.62. The molecule has 0 aromatic carbocycles. The lowest BCUT2D eigenvalue weighted by Crippen LogP contribution is -2.67. The number of carbonyl (C=O) groups is 3. The number of carbonyl (C=O) groups excluding carboxylic acids is 1. The number of aliphatic carboxylic acids is 2. The normalized spacial score (nSPS) is 42.7. The standard InChI is InChI=1S/C15H23FN2O5/c1-4-8-6-9-13(5-2,14(9,16)11(20)21)15(8,12(22)23)18-10(19)7(3)17/h7-9H,4-6,17H2,1-3H3,(H,18,19)(H,20,21)(H,22,23). The van der Waals surface area contributed by atoms with Crippen molar-refractivity contribution in [3.05, 3.63) is 0 Å². The largest absolute Gasteiger partial charge is 0.479 e. The van der Waals surface area contributed by atoms with Crippen molar-refractivity contribution in [2.45, 2.75) is 57.3 Å². The molecule has 5 N–H and O–H groups in total. The summed E-state index contributed by atoms with van der Waals surface area (Å²) in [5.41, 5.74) is -0.735. The molecule has 2 fully saturated rings. The van der Waals surface area contributed by atoms with Crippen LogP contribution in [0.25, 0.3) is 0 Å². The third-order valence-corrected chi connectivity index (χ3v) is 5.91. The monoisotopic (exact) mass is 330 g/mol. The lowest BCUT2D eigenvalue weighted by atomic mass is 9.70. The molecule has 2 saturated carbocycles. The summed E-state index contributed by atoms with van der Waals surface area (Å²) in [7, 11) is 0. The van der Waals surface area contributed by atoms with Crippen molar-refractivity contribution in [3.63, 3.8) is 0 Å². The van der Waals surface area contributed by atoms with Crippen LogP contribution in [0.3, 0.4) is 0 Å². The first kappa shape index (κ1) is 17.7. The molecule has 8 heteroatoms. The zero-order valence-electron chi connectivity index (χ0n) is 13.4. The molecule has 0 aromatic rings. The van der Waals surface area contributed by atoms with E-state index in [1.165, 1.54) is 6.92 Å². The van der Waals surface area contributed by atoms with Gasteiger partial charge in [0.2, 0.25) is 11.6 Å². The van der Waals surface area contributed by atoms with Crippen molar-refractivity contribution >= 4 is 17.8 Å². The summed E-state index contributed by atoms with van der Waals surface area (Å²) in [5.74, 6) is -5.26. The molecule has 2 aliphatic rings. The van der Waals surface area contributed by atoms with E-state index in [-0.39, 0.29) is 12.8 Å². The molecule has 7 nitrogen and oxygen atoms in total. The van der Waals surface area contributed by atoms with E-state index in [2.05, 4.69) is 5.32 Å². The Kier molecular flexibility index (Phi) is 3.96. The summed E-state index contributed by atoms with van der Waals surface area (Å²) in [6.07, 6.45) is 0.501. The highest BCUT2D eigenvalue weighted by Crippen LogP contribution is 2.80. The number of halogens is 1. The van der Waals surface area contributed by atoms with Crippen molar-refractivity contribution < 1.29 is 29.0 Å². The first-order valence-electron chi connectivity index (χ1n) is 7.81. The van der Waals surface area contributed by atoms with Crippen LogP contribution in [0.5, 0.6) is 0 Å². The number of carboxylic acid groups (broad SMARTS) is 2. The minimum Gasteiger partial charge on any atom is -0.479 e. The molecule has 6 atom stereocenters. The predicted molar refractivity (Wildman–Crippen MR) is 78.2 cm³/mol. The maximum atomic E-state index is 15.2. The maximum absolute atomic E-state index is 15.2. The highest BCUT2D eigenvalue weighted by atomic mass is 19.1. The summed E-state index contributed by atoms with van der Waals surface area (Å²) >= 11 is 0. The van der Waals surface area contributed by atoms with E-state index < -0.39 is 52.3 Å².